The van der Waals surface area contributed by atoms with Gasteiger partial charge in [-0.25, -0.2) is 4.98 Å². The van der Waals surface area contributed by atoms with E-state index in [0.717, 1.165) is 29.3 Å². The Morgan fingerprint density at radius 2 is 1.81 bits per heavy atom. The highest BCUT2D eigenvalue weighted by Crippen LogP contribution is 2.32. The number of nitrogens with zero attached hydrogens (tertiary/aromatic N) is 2. The molecule has 0 spiro atoms. The molecule has 0 bridgehead atoms. The summed E-state index contributed by atoms with van der Waals surface area (Å²) in [6.45, 7) is 3.85. The third-order valence-electron chi connectivity index (χ3n) is 5.14. The molecule has 3 aromatic carbocycles. The van der Waals surface area contributed by atoms with Gasteiger partial charge >= 0.3 is 6.18 Å². The first-order chi connectivity index (χ1) is 15.0. The van der Waals surface area contributed by atoms with Gasteiger partial charge in [-0.3, -0.25) is 0 Å². The molecule has 7 heteroatoms. The van der Waals surface area contributed by atoms with Gasteiger partial charge in [-0.2, -0.15) is 13.2 Å². The Kier molecular flexibility index (Phi) is 6.13. The van der Waals surface area contributed by atoms with E-state index in [-0.39, 0.29) is 6.61 Å². The molecule has 4 nitrogen and oxygen atoms in total. The van der Waals surface area contributed by atoms with E-state index < -0.39 is 11.7 Å². The first-order valence-corrected chi connectivity index (χ1v) is 10.2. The standard InChI is InChI=1S/C24H23F3N2O2/c1-2-30-14-6-13-29-21-12-11-18(24(25,26)27)15-20(21)28-23(29)16-31-22-10-5-8-17-7-3-4-9-19(17)22/h3-5,7-12,15H,2,6,13-14,16H2,1H3. The van der Waals surface area contributed by atoms with Crippen molar-refractivity contribution in [2.24, 2.45) is 0 Å². The summed E-state index contributed by atoms with van der Waals surface area (Å²) >= 11 is 0. The smallest absolute Gasteiger partial charge is 0.416 e. The quantitative estimate of drug-likeness (QED) is 0.313. The normalized spacial score (nSPS) is 12.0. The molecule has 1 aromatic heterocycles. The molecular weight excluding hydrogens is 405 g/mol. The van der Waals surface area contributed by atoms with Gasteiger partial charge in [0.2, 0.25) is 0 Å². The molecule has 0 fully saturated rings. The second-order valence-electron chi connectivity index (χ2n) is 7.20. The first kappa shape index (κ1) is 21.2. The number of imidazole rings is 1. The lowest BCUT2D eigenvalue weighted by Gasteiger charge is -2.12. The molecule has 0 atom stereocenters. The summed E-state index contributed by atoms with van der Waals surface area (Å²) < 4.78 is 52.8. The molecule has 4 rings (SSSR count). The molecule has 0 aliphatic heterocycles. The monoisotopic (exact) mass is 428 g/mol. The van der Waals surface area contributed by atoms with Crippen molar-refractivity contribution < 1.29 is 22.6 Å². The number of fused-ring (bicyclic) bond motifs is 2. The van der Waals surface area contributed by atoms with E-state index in [4.69, 9.17) is 9.47 Å². The van der Waals surface area contributed by atoms with Crippen molar-refractivity contribution in [2.75, 3.05) is 13.2 Å². The van der Waals surface area contributed by atoms with Crippen LogP contribution < -0.4 is 4.74 Å². The lowest BCUT2D eigenvalue weighted by molar-refractivity contribution is -0.137. The topological polar surface area (TPSA) is 36.3 Å². The van der Waals surface area contributed by atoms with Crippen LogP contribution in [0.15, 0.2) is 60.7 Å². The maximum atomic E-state index is 13.2. The van der Waals surface area contributed by atoms with Gasteiger partial charge in [0.25, 0.3) is 0 Å². The Balaban J connectivity index is 1.65. The van der Waals surface area contributed by atoms with Crippen molar-refractivity contribution in [1.82, 2.24) is 9.55 Å². The molecule has 1 heterocycles. The van der Waals surface area contributed by atoms with Crippen LogP contribution in [-0.4, -0.2) is 22.8 Å². The van der Waals surface area contributed by atoms with Crippen molar-refractivity contribution in [2.45, 2.75) is 32.7 Å². The van der Waals surface area contributed by atoms with E-state index >= 15 is 0 Å². The van der Waals surface area contributed by atoms with E-state index in [1.54, 1.807) is 0 Å². The Hall–Kier alpha value is -3.06. The third-order valence-corrected chi connectivity index (χ3v) is 5.14. The summed E-state index contributed by atoms with van der Waals surface area (Å²) in [5.41, 5.74) is 0.254. The number of aromatic nitrogens is 2. The average Bonchev–Trinajstić information content (AvgIpc) is 3.11. The average molecular weight is 428 g/mol. The molecule has 0 amide bonds. The molecule has 4 aromatic rings. The Morgan fingerprint density at radius 1 is 1.00 bits per heavy atom. The fraction of sp³-hybridized carbons (Fsp3) is 0.292. The van der Waals surface area contributed by atoms with Gasteiger partial charge in [0.05, 0.1) is 16.6 Å². The molecule has 0 saturated carbocycles. The number of hydrogen-bond acceptors (Lipinski definition) is 3. The van der Waals surface area contributed by atoms with Crippen LogP contribution in [0.5, 0.6) is 5.75 Å². The zero-order valence-corrected chi connectivity index (χ0v) is 17.2. The van der Waals surface area contributed by atoms with Crippen molar-refractivity contribution in [3.8, 4) is 5.75 Å². The lowest BCUT2D eigenvalue weighted by atomic mass is 10.1. The highest BCUT2D eigenvalue weighted by molar-refractivity contribution is 5.88. The van der Waals surface area contributed by atoms with Crippen LogP contribution in [0.3, 0.4) is 0 Å². The molecule has 0 unspecified atom stereocenters. The third kappa shape index (κ3) is 4.66. The lowest BCUT2D eigenvalue weighted by Crippen LogP contribution is -2.09. The van der Waals surface area contributed by atoms with Crippen molar-refractivity contribution in [3.05, 3.63) is 72.1 Å². The van der Waals surface area contributed by atoms with Gasteiger partial charge in [-0.15, -0.1) is 0 Å². The van der Waals surface area contributed by atoms with Crippen LogP contribution in [0.25, 0.3) is 21.8 Å². The fourth-order valence-electron chi connectivity index (χ4n) is 3.65. The number of ether oxygens (including phenoxy) is 2. The molecule has 0 radical (unpaired) electrons. The van der Waals surface area contributed by atoms with Gasteiger partial charge in [0.15, 0.2) is 0 Å². The number of alkyl halides is 3. The Morgan fingerprint density at radius 3 is 2.61 bits per heavy atom. The van der Waals surface area contributed by atoms with E-state index in [1.165, 1.54) is 6.07 Å². The second-order valence-corrected chi connectivity index (χ2v) is 7.20. The number of halogens is 3. The number of aryl methyl sites for hydroxylation is 1. The van der Waals surface area contributed by atoms with Gasteiger partial charge in [0, 0.05) is 25.1 Å². The maximum absolute atomic E-state index is 13.2. The van der Waals surface area contributed by atoms with E-state index in [2.05, 4.69) is 4.98 Å². The van der Waals surface area contributed by atoms with E-state index in [9.17, 15) is 13.2 Å². The molecule has 0 saturated heterocycles. The van der Waals surface area contributed by atoms with Gasteiger partial charge in [-0.05, 0) is 43.0 Å². The highest BCUT2D eigenvalue weighted by Gasteiger charge is 2.31. The van der Waals surface area contributed by atoms with Gasteiger partial charge in [0.1, 0.15) is 18.2 Å². The second kappa shape index (κ2) is 8.98. The summed E-state index contributed by atoms with van der Waals surface area (Å²) in [5, 5.41) is 2.03. The Labute approximate surface area is 178 Å². The minimum absolute atomic E-state index is 0.151. The van der Waals surface area contributed by atoms with Crippen LogP contribution in [0.2, 0.25) is 0 Å². The minimum atomic E-state index is -4.41. The molecule has 31 heavy (non-hydrogen) atoms. The SMILES string of the molecule is CCOCCCn1c(COc2cccc3ccccc23)nc2cc(C(F)(F)F)ccc21. The Bertz CT molecular complexity index is 1180. The van der Waals surface area contributed by atoms with Crippen LogP contribution in [-0.2, 0) is 24.1 Å². The van der Waals surface area contributed by atoms with Crippen LogP contribution in [0.1, 0.15) is 24.7 Å². The highest BCUT2D eigenvalue weighted by atomic mass is 19.4. The first-order valence-electron chi connectivity index (χ1n) is 10.2. The predicted molar refractivity (Wildman–Crippen MR) is 114 cm³/mol. The van der Waals surface area contributed by atoms with Crippen molar-refractivity contribution in [1.29, 1.82) is 0 Å². The van der Waals surface area contributed by atoms with E-state index in [1.807, 2.05) is 54.0 Å². The zero-order valence-electron chi connectivity index (χ0n) is 17.2. The van der Waals surface area contributed by atoms with Gasteiger partial charge in [-0.1, -0.05) is 36.4 Å². The largest absolute Gasteiger partial charge is 0.485 e. The number of benzene rings is 3. The van der Waals surface area contributed by atoms with Crippen molar-refractivity contribution >= 4 is 21.8 Å². The zero-order chi connectivity index (χ0) is 21.8. The molecule has 0 N–H and O–H groups in total. The molecule has 0 aliphatic carbocycles. The minimum Gasteiger partial charge on any atom is -0.485 e. The molecule has 162 valence electrons. The maximum Gasteiger partial charge on any atom is 0.416 e. The molecular formula is C24H23F3N2O2. The fourth-order valence-corrected chi connectivity index (χ4v) is 3.65. The predicted octanol–water partition coefficient (Wildman–Crippen LogP) is 6.21. The summed E-state index contributed by atoms with van der Waals surface area (Å²) in [5.74, 6) is 1.29. The number of rotatable bonds is 8. The van der Waals surface area contributed by atoms with E-state index in [0.29, 0.717) is 42.4 Å². The van der Waals surface area contributed by atoms with Gasteiger partial charge < -0.3 is 14.0 Å². The van der Waals surface area contributed by atoms with Crippen LogP contribution >= 0.6 is 0 Å². The summed E-state index contributed by atoms with van der Waals surface area (Å²) in [4.78, 5) is 4.48. The number of hydrogen-bond donors (Lipinski definition) is 0. The van der Waals surface area contributed by atoms with Crippen LogP contribution in [0, 0.1) is 0 Å². The van der Waals surface area contributed by atoms with Crippen molar-refractivity contribution in [3.63, 3.8) is 0 Å². The summed E-state index contributed by atoms with van der Waals surface area (Å²) in [6.07, 6.45) is -3.69. The molecule has 0 aliphatic rings. The summed E-state index contributed by atoms with van der Waals surface area (Å²) in [6, 6.07) is 17.4. The van der Waals surface area contributed by atoms with Crippen LogP contribution in [0.4, 0.5) is 13.2 Å². The summed E-state index contributed by atoms with van der Waals surface area (Å²) in [7, 11) is 0.